The quantitative estimate of drug-likeness (QED) is 0.865. The molecular formula is C20H24N2O2. The van der Waals surface area contributed by atoms with E-state index in [1.165, 1.54) is 5.56 Å². The smallest absolute Gasteiger partial charge is 0.244 e. The molecule has 0 saturated carbocycles. The second kappa shape index (κ2) is 7.05. The van der Waals surface area contributed by atoms with Crippen LogP contribution in [0.5, 0.6) is 5.75 Å². The Kier molecular flexibility index (Phi) is 4.86. The Balaban J connectivity index is 1.71. The van der Waals surface area contributed by atoms with Crippen molar-refractivity contribution in [2.45, 2.75) is 26.4 Å². The van der Waals surface area contributed by atoms with Gasteiger partial charge in [0.25, 0.3) is 0 Å². The van der Waals surface area contributed by atoms with Crippen LogP contribution in [-0.2, 0) is 11.3 Å². The van der Waals surface area contributed by atoms with Crippen molar-refractivity contribution in [1.82, 2.24) is 4.90 Å². The number of amides is 1. The van der Waals surface area contributed by atoms with E-state index in [1.54, 1.807) is 7.11 Å². The molecule has 24 heavy (non-hydrogen) atoms. The van der Waals surface area contributed by atoms with Crippen LogP contribution in [0.4, 0.5) is 5.69 Å². The summed E-state index contributed by atoms with van der Waals surface area (Å²) in [5.41, 5.74) is 3.36. The molecule has 4 heteroatoms. The Morgan fingerprint density at radius 2 is 1.79 bits per heavy atom. The average Bonchev–Trinajstić information content (AvgIpc) is 2.61. The van der Waals surface area contributed by atoms with E-state index in [2.05, 4.69) is 30.0 Å². The third-order valence-electron chi connectivity index (χ3n) is 4.73. The van der Waals surface area contributed by atoms with Crippen molar-refractivity contribution in [2.75, 3.05) is 25.1 Å². The molecule has 1 aliphatic heterocycles. The summed E-state index contributed by atoms with van der Waals surface area (Å²) in [6, 6.07) is 16.0. The van der Waals surface area contributed by atoms with E-state index >= 15 is 0 Å². The molecule has 0 N–H and O–H groups in total. The number of methoxy groups -OCH3 is 1. The lowest BCUT2D eigenvalue weighted by Crippen LogP contribution is -2.55. The van der Waals surface area contributed by atoms with Crippen molar-refractivity contribution >= 4 is 11.6 Å². The molecule has 3 rings (SSSR count). The first-order valence-electron chi connectivity index (χ1n) is 8.34. The summed E-state index contributed by atoms with van der Waals surface area (Å²) < 4.78 is 5.20. The number of ether oxygens (including phenoxy) is 1. The zero-order valence-corrected chi connectivity index (χ0v) is 14.5. The molecule has 0 radical (unpaired) electrons. The van der Waals surface area contributed by atoms with Crippen LogP contribution in [0.3, 0.4) is 0 Å². The van der Waals surface area contributed by atoms with Crippen molar-refractivity contribution in [3.8, 4) is 5.75 Å². The second-order valence-electron chi connectivity index (χ2n) is 6.27. The van der Waals surface area contributed by atoms with Gasteiger partial charge in [-0.05, 0) is 43.2 Å². The molecule has 0 unspecified atom stereocenters. The summed E-state index contributed by atoms with van der Waals surface area (Å²) in [7, 11) is 1.67. The summed E-state index contributed by atoms with van der Waals surface area (Å²) >= 11 is 0. The highest BCUT2D eigenvalue weighted by atomic mass is 16.5. The molecule has 4 nitrogen and oxygen atoms in total. The van der Waals surface area contributed by atoms with Crippen LogP contribution in [-0.4, -0.2) is 37.0 Å². The van der Waals surface area contributed by atoms with Crippen molar-refractivity contribution in [3.63, 3.8) is 0 Å². The molecule has 1 amide bonds. The largest absolute Gasteiger partial charge is 0.497 e. The van der Waals surface area contributed by atoms with Crippen molar-refractivity contribution in [1.29, 1.82) is 0 Å². The summed E-state index contributed by atoms with van der Waals surface area (Å²) in [5.74, 6) is 1.02. The van der Waals surface area contributed by atoms with Gasteiger partial charge in [-0.3, -0.25) is 9.69 Å². The fourth-order valence-corrected chi connectivity index (χ4v) is 3.20. The van der Waals surface area contributed by atoms with E-state index in [-0.39, 0.29) is 11.9 Å². The molecule has 0 aromatic heterocycles. The van der Waals surface area contributed by atoms with Crippen LogP contribution in [0.1, 0.15) is 18.1 Å². The molecule has 2 aromatic carbocycles. The summed E-state index contributed by atoms with van der Waals surface area (Å²) in [5, 5.41) is 0. The van der Waals surface area contributed by atoms with E-state index in [0.717, 1.165) is 36.6 Å². The number of anilines is 1. The highest BCUT2D eigenvalue weighted by molar-refractivity contribution is 5.98. The van der Waals surface area contributed by atoms with Gasteiger partial charge in [0.2, 0.25) is 5.91 Å². The van der Waals surface area contributed by atoms with Gasteiger partial charge in [-0.25, -0.2) is 0 Å². The number of hydrogen-bond acceptors (Lipinski definition) is 3. The molecule has 0 spiro atoms. The van der Waals surface area contributed by atoms with Gasteiger partial charge in [-0.15, -0.1) is 0 Å². The first-order valence-corrected chi connectivity index (χ1v) is 8.34. The Bertz CT molecular complexity index is 712. The van der Waals surface area contributed by atoms with Crippen LogP contribution >= 0.6 is 0 Å². The summed E-state index contributed by atoms with van der Waals surface area (Å²) in [6.45, 7) is 6.42. The molecular weight excluding hydrogens is 300 g/mol. The Morgan fingerprint density at radius 1 is 1.08 bits per heavy atom. The van der Waals surface area contributed by atoms with Crippen LogP contribution in [0, 0.1) is 6.92 Å². The number of aryl methyl sites for hydroxylation is 1. The molecule has 126 valence electrons. The third-order valence-corrected chi connectivity index (χ3v) is 4.73. The van der Waals surface area contributed by atoms with E-state index in [9.17, 15) is 4.79 Å². The number of benzene rings is 2. The van der Waals surface area contributed by atoms with E-state index in [4.69, 9.17) is 4.74 Å². The third kappa shape index (κ3) is 3.29. The Morgan fingerprint density at radius 3 is 2.46 bits per heavy atom. The van der Waals surface area contributed by atoms with Gasteiger partial charge < -0.3 is 9.64 Å². The van der Waals surface area contributed by atoms with Gasteiger partial charge in [-0.2, -0.15) is 0 Å². The molecule has 1 heterocycles. The van der Waals surface area contributed by atoms with Gasteiger partial charge in [0.15, 0.2) is 0 Å². The molecule has 1 fully saturated rings. The van der Waals surface area contributed by atoms with Gasteiger partial charge in [-0.1, -0.05) is 30.3 Å². The monoisotopic (exact) mass is 324 g/mol. The minimum Gasteiger partial charge on any atom is -0.497 e. The normalized spacial score (nSPS) is 18.7. The number of hydrogen-bond donors (Lipinski definition) is 0. The number of carbonyl (C=O) groups excluding carboxylic acids is 1. The maximum absolute atomic E-state index is 12.8. The van der Waals surface area contributed by atoms with E-state index in [1.807, 2.05) is 42.2 Å². The topological polar surface area (TPSA) is 32.8 Å². The maximum atomic E-state index is 12.8. The lowest BCUT2D eigenvalue weighted by Gasteiger charge is -2.39. The van der Waals surface area contributed by atoms with E-state index in [0.29, 0.717) is 0 Å². The van der Waals surface area contributed by atoms with Gasteiger partial charge in [0.1, 0.15) is 5.75 Å². The maximum Gasteiger partial charge on any atom is 0.244 e. The number of para-hydroxylation sites is 1. The Labute approximate surface area is 143 Å². The standard InChI is InChI=1S/C20H24N2O2/c1-15-6-4-5-7-19(15)22-13-12-21(16(2)20(22)23)14-17-8-10-18(24-3)11-9-17/h4-11,16H,12-14H2,1-3H3/t16-/m1/s1. The van der Waals surface area contributed by atoms with Crippen LogP contribution in [0.2, 0.25) is 0 Å². The summed E-state index contributed by atoms with van der Waals surface area (Å²) in [6.07, 6.45) is 0. The average molecular weight is 324 g/mol. The lowest BCUT2D eigenvalue weighted by molar-refractivity contribution is -0.125. The minimum atomic E-state index is -0.125. The number of nitrogens with zero attached hydrogens (tertiary/aromatic N) is 2. The molecule has 2 aromatic rings. The van der Waals surface area contributed by atoms with Gasteiger partial charge in [0, 0.05) is 25.3 Å². The highest BCUT2D eigenvalue weighted by Crippen LogP contribution is 2.25. The number of piperazine rings is 1. The highest BCUT2D eigenvalue weighted by Gasteiger charge is 2.32. The van der Waals surface area contributed by atoms with E-state index < -0.39 is 0 Å². The van der Waals surface area contributed by atoms with Crippen molar-refractivity contribution in [2.24, 2.45) is 0 Å². The fraction of sp³-hybridized carbons (Fsp3) is 0.350. The molecule has 1 atom stereocenters. The predicted molar refractivity (Wildman–Crippen MR) is 96.4 cm³/mol. The SMILES string of the molecule is COc1ccc(CN2CCN(c3ccccc3C)C(=O)[C@H]2C)cc1. The predicted octanol–water partition coefficient (Wildman–Crippen LogP) is 3.24. The van der Waals surface area contributed by atoms with Crippen LogP contribution in [0.25, 0.3) is 0 Å². The molecule has 0 bridgehead atoms. The zero-order chi connectivity index (χ0) is 17.1. The molecule has 1 aliphatic rings. The van der Waals surface area contributed by atoms with Crippen LogP contribution in [0.15, 0.2) is 48.5 Å². The fourth-order valence-electron chi connectivity index (χ4n) is 3.20. The van der Waals surface area contributed by atoms with Crippen molar-refractivity contribution < 1.29 is 9.53 Å². The van der Waals surface area contributed by atoms with Gasteiger partial charge >= 0.3 is 0 Å². The first-order chi connectivity index (χ1) is 11.6. The number of rotatable bonds is 4. The minimum absolute atomic E-state index is 0.125. The summed E-state index contributed by atoms with van der Waals surface area (Å²) in [4.78, 5) is 17.0. The van der Waals surface area contributed by atoms with Crippen molar-refractivity contribution in [3.05, 3.63) is 59.7 Å². The Hall–Kier alpha value is -2.33. The lowest BCUT2D eigenvalue weighted by atomic mass is 10.1. The van der Waals surface area contributed by atoms with Crippen LogP contribution < -0.4 is 9.64 Å². The molecule has 0 aliphatic carbocycles. The number of carbonyl (C=O) groups is 1. The van der Waals surface area contributed by atoms with Gasteiger partial charge in [0.05, 0.1) is 13.2 Å². The first kappa shape index (κ1) is 16.5. The second-order valence-corrected chi connectivity index (χ2v) is 6.27. The zero-order valence-electron chi connectivity index (χ0n) is 14.5. The molecule has 1 saturated heterocycles.